The number of methoxy groups -OCH3 is 1. The van der Waals surface area contributed by atoms with E-state index in [-0.39, 0.29) is 18.4 Å². The van der Waals surface area contributed by atoms with E-state index in [4.69, 9.17) is 22.1 Å². The molecule has 0 saturated heterocycles. The van der Waals surface area contributed by atoms with Crippen LogP contribution in [0.15, 0.2) is 18.2 Å². The van der Waals surface area contributed by atoms with Crippen LogP contribution in [0.4, 0.5) is 5.69 Å². The first kappa shape index (κ1) is 16.5. The molecule has 0 saturated carbocycles. The smallest absolute Gasteiger partial charge is 0.224 e. The Morgan fingerprint density at radius 1 is 1.55 bits per heavy atom. The van der Waals surface area contributed by atoms with Gasteiger partial charge in [0, 0.05) is 30.7 Å². The van der Waals surface area contributed by atoms with Crippen LogP contribution in [-0.2, 0) is 9.53 Å². The maximum atomic E-state index is 12.0. The number of amides is 1. The second-order valence-corrected chi connectivity index (χ2v) is 4.95. The van der Waals surface area contributed by atoms with Gasteiger partial charge in [-0.2, -0.15) is 0 Å². The monoisotopic (exact) mass is 294 g/mol. The van der Waals surface area contributed by atoms with Gasteiger partial charge < -0.3 is 15.8 Å². The van der Waals surface area contributed by atoms with Gasteiger partial charge in [0.2, 0.25) is 5.91 Å². The molecule has 0 bridgehead atoms. The molecule has 1 unspecified atom stereocenters. The van der Waals surface area contributed by atoms with Gasteiger partial charge in [-0.05, 0) is 24.1 Å². The summed E-state index contributed by atoms with van der Waals surface area (Å²) in [6, 6.07) is 5.17. The van der Waals surface area contributed by atoms with Crippen LogP contribution in [0, 0.1) is 17.8 Å². The Hall–Kier alpha value is -1.54. The number of carbonyl (C=O) groups is 1. The van der Waals surface area contributed by atoms with Crippen molar-refractivity contribution in [1.29, 1.82) is 0 Å². The fraction of sp³-hybridized carbons (Fsp3) is 0.400. The molecule has 1 aromatic carbocycles. The SMILES string of the molecule is COCC(C)CC(=O)Nc1cc(Cl)ccc1C#CCN. The first-order valence-electron chi connectivity index (χ1n) is 6.34. The van der Waals surface area contributed by atoms with Gasteiger partial charge >= 0.3 is 0 Å². The summed E-state index contributed by atoms with van der Waals surface area (Å²) >= 11 is 5.95. The van der Waals surface area contributed by atoms with Crippen molar-refractivity contribution in [2.45, 2.75) is 13.3 Å². The van der Waals surface area contributed by atoms with Crippen LogP contribution in [0.3, 0.4) is 0 Å². The van der Waals surface area contributed by atoms with Crippen LogP contribution in [0.25, 0.3) is 0 Å². The zero-order chi connectivity index (χ0) is 15.0. The summed E-state index contributed by atoms with van der Waals surface area (Å²) in [5.41, 5.74) is 6.66. The van der Waals surface area contributed by atoms with Gasteiger partial charge in [0.15, 0.2) is 0 Å². The third-order valence-electron chi connectivity index (χ3n) is 2.57. The Bertz CT molecular complexity index is 520. The third-order valence-corrected chi connectivity index (χ3v) is 2.80. The molecule has 0 fully saturated rings. The molecule has 0 aliphatic rings. The molecule has 1 rings (SSSR count). The molecule has 0 aromatic heterocycles. The van der Waals surface area contributed by atoms with Crippen LogP contribution in [0.5, 0.6) is 0 Å². The number of benzene rings is 1. The fourth-order valence-electron chi connectivity index (χ4n) is 1.74. The van der Waals surface area contributed by atoms with Gasteiger partial charge in [0.05, 0.1) is 12.2 Å². The van der Waals surface area contributed by atoms with Crippen molar-refractivity contribution < 1.29 is 9.53 Å². The number of carbonyl (C=O) groups excluding carboxylic acids is 1. The molecule has 0 heterocycles. The highest BCUT2D eigenvalue weighted by molar-refractivity contribution is 6.31. The van der Waals surface area contributed by atoms with E-state index < -0.39 is 0 Å². The second kappa shape index (κ2) is 8.60. The number of hydrogen-bond donors (Lipinski definition) is 2. The van der Waals surface area contributed by atoms with E-state index in [1.165, 1.54) is 0 Å². The molecular weight excluding hydrogens is 276 g/mol. The van der Waals surface area contributed by atoms with Crippen molar-refractivity contribution in [1.82, 2.24) is 0 Å². The summed E-state index contributed by atoms with van der Waals surface area (Å²) in [6.07, 6.45) is 0.379. The van der Waals surface area contributed by atoms with Gasteiger partial charge in [-0.1, -0.05) is 30.4 Å². The van der Waals surface area contributed by atoms with E-state index in [9.17, 15) is 4.79 Å². The first-order chi connectivity index (χ1) is 9.56. The lowest BCUT2D eigenvalue weighted by molar-refractivity contribution is -0.117. The van der Waals surface area contributed by atoms with Crippen LogP contribution in [-0.4, -0.2) is 26.2 Å². The summed E-state index contributed by atoms with van der Waals surface area (Å²) in [7, 11) is 1.62. The highest BCUT2D eigenvalue weighted by atomic mass is 35.5. The molecule has 1 atom stereocenters. The van der Waals surface area contributed by atoms with Gasteiger partial charge in [0.25, 0.3) is 0 Å². The Morgan fingerprint density at radius 2 is 2.30 bits per heavy atom. The molecule has 1 amide bonds. The quantitative estimate of drug-likeness (QED) is 0.819. The molecule has 20 heavy (non-hydrogen) atoms. The Balaban J connectivity index is 2.79. The van der Waals surface area contributed by atoms with E-state index in [2.05, 4.69) is 17.2 Å². The van der Waals surface area contributed by atoms with E-state index in [0.717, 1.165) is 0 Å². The second-order valence-electron chi connectivity index (χ2n) is 4.51. The van der Waals surface area contributed by atoms with E-state index in [1.807, 2.05) is 6.92 Å². The average Bonchev–Trinajstić information content (AvgIpc) is 2.37. The number of nitrogens with one attached hydrogen (secondary N) is 1. The van der Waals surface area contributed by atoms with Gasteiger partial charge in [0.1, 0.15) is 0 Å². The molecule has 0 spiro atoms. The normalized spacial score (nSPS) is 11.4. The van der Waals surface area contributed by atoms with Crippen molar-refractivity contribution in [3.05, 3.63) is 28.8 Å². The Labute approximate surface area is 124 Å². The molecule has 0 aliphatic heterocycles. The maximum Gasteiger partial charge on any atom is 0.224 e. The molecule has 4 nitrogen and oxygen atoms in total. The van der Waals surface area contributed by atoms with E-state index >= 15 is 0 Å². The Kier molecular flexibility index (Phi) is 7.10. The van der Waals surface area contributed by atoms with Crippen molar-refractivity contribution >= 4 is 23.2 Å². The lowest BCUT2D eigenvalue weighted by Crippen LogP contribution is -2.18. The molecule has 0 radical (unpaired) electrons. The minimum Gasteiger partial charge on any atom is -0.384 e. The van der Waals surface area contributed by atoms with Gasteiger partial charge in [-0.25, -0.2) is 0 Å². The maximum absolute atomic E-state index is 12.0. The highest BCUT2D eigenvalue weighted by Crippen LogP contribution is 2.21. The zero-order valence-corrected chi connectivity index (χ0v) is 12.5. The summed E-state index contributed by atoms with van der Waals surface area (Å²) in [5, 5.41) is 3.37. The lowest BCUT2D eigenvalue weighted by Gasteiger charge is -2.12. The minimum absolute atomic E-state index is 0.0902. The lowest BCUT2D eigenvalue weighted by atomic mass is 10.1. The first-order valence-corrected chi connectivity index (χ1v) is 6.72. The highest BCUT2D eigenvalue weighted by Gasteiger charge is 2.11. The molecule has 1 aromatic rings. The van der Waals surface area contributed by atoms with Gasteiger partial charge in [-0.3, -0.25) is 4.79 Å². The number of ether oxygens (including phenoxy) is 1. The van der Waals surface area contributed by atoms with Crippen molar-refractivity contribution in [3.63, 3.8) is 0 Å². The molecular formula is C15H19ClN2O2. The topological polar surface area (TPSA) is 64.3 Å². The molecule has 108 valence electrons. The summed E-state index contributed by atoms with van der Waals surface area (Å²) < 4.78 is 5.01. The number of hydrogen-bond acceptors (Lipinski definition) is 3. The number of nitrogens with two attached hydrogens (primary N) is 1. The van der Waals surface area contributed by atoms with Crippen LogP contribution in [0.1, 0.15) is 18.9 Å². The van der Waals surface area contributed by atoms with E-state index in [1.54, 1.807) is 25.3 Å². The summed E-state index contributed by atoms with van der Waals surface area (Å²) in [6.45, 7) is 2.76. The van der Waals surface area contributed by atoms with Crippen molar-refractivity contribution in [2.24, 2.45) is 11.7 Å². The average molecular weight is 295 g/mol. The predicted molar refractivity (Wildman–Crippen MR) is 81.7 cm³/mol. The third kappa shape index (κ3) is 5.62. The van der Waals surface area contributed by atoms with Crippen molar-refractivity contribution in [3.8, 4) is 11.8 Å². The van der Waals surface area contributed by atoms with Gasteiger partial charge in [-0.15, -0.1) is 0 Å². The summed E-state index contributed by atoms with van der Waals surface area (Å²) in [5.74, 6) is 5.73. The van der Waals surface area contributed by atoms with Crippen molar-refractivity contribution in [2.75, 3.05) is 25.6 Å². The molecule has 3 N–H and O–H groups in total. The van der Waals surface area contributed by atoms with Crippen LogP contribution >= 0.6 is 11.6 Å². The Morgan fingerprint density at radius 3 is 2.95 bits per heavy atom. The number of halogens is 1. The fourth-order valence-corrected chi connectivity index (χ4v) is 1.91. The number of rotatable bonds is 5. The van der Waals surface area contributed by atoms with Crippen LogP contribution < -0.4 is 11.1 Å². The molecule has 0 aliphatic carbocycles. The number of anilines is 1. The van der Waals surface area contributed by atoms with Crippen LogP contribution in [0.2, 0.25) is 5.02 Å². The zero-order valence-electron chi connectivity index (χ0n) is 11.7. The standard InChI is InChI=1S/C15H19ClN2O2/c1-11(10-20-2)8-15(19)18-14-9-13(16)6-5-12(14)4-3-7-17/h5-6,9,11H,7-8,10,17H2,1-2H3,(H,18,19). The minimum atomic E-state index is -0.0902. The predicted octanol–water partition coefficient (Wildman–Crippen LogP) is 2.26. The van der Waals surface area contributed by atoms with E-state index in [0.29, 0.717) is 29.3 Å². The molecule has 5 heteroatoms. The summed E-state index contributed by atoms with van der Waals surface area (Å²) in [4.78, 5) is 12.0. The largest absolute Gasteiger partial charge is 0.384 e.